The van der Waals surface area contributed by atoms with E-state index in [-0.39, 0.29) is 11.0 Å². The number of nitrogens with one attached hydrogen (secondary N) is 2. The van der Waals surface area contributed by atoms with E-state index in [4.69, 9.17) is 21.7 Å². The fourth-order valence-corrected chi connectivity index (χ4v) is 3.63. The van der Waals surface area contributed by atoms with E-state index in [9.17, 15) is 4.79 Å². The number of thiocarbonyl (C=S) groups is 1. The smallest absolute Gasteiger partial charge is 0.257 e. The molecule has 180 valence electrons. The van der Waals surface area contributed by atoms with Crippen molar-refractivity contribution >= 4 is 40.0 Å². The molecular formula is C26H27N5O3S. The van der Waals surface area contributed by atoms with E-state index in [2.05, 4.69) is 27.8 Å². The summed E-state index contributed by atoms with van der Waals surface area (Å²) in [5.74, 6) is 1.11. The number of anilines is 1. The molecule has 0 atom stereocenters. The van der Waals surface area contributed by atoms with Gasteiger partial charge in [-0.15, -0.1) is 10.2 Å². The van der Waals surface area contributed by atoms with Gasteiger partial charge < -0.3 is 14.8 Å². The van der Waals surface area contributed by atoms with E-state index < -0.39 is 0 Å². The Bertz CT molecular complexity index is 1350. The number of benzene rings is 3. The van der Waals surface area contributed by atoms with Gasteiger partial charge >= 0.3 is 0 Å². The minimum atomic E-state index is -0.312. The van der Waals surface area contributed by atoms with Crippen LogP contribution in [0.15, 0.2) is 60.7 Å². The Kier molecular flexibility index (Phi) is 7.57. The second-order valence-electron chi connectivity index (χ2n) is 7.98. The van der Waals surface area contributed by atoms with Crippen molar-refractivity contribution in [1.82, 2.24) is 20.3 Å². The van der Waals surface area contributed by atoms with E-state index in [1.165, 1.54) is 0 Å². The third-order valence-electron chi connectivity index (χ3n) is 5.37. The maximum atomic E-state index is 12.7. The molecule has 9 heteroatoms. The van der Waals surface area contributed by atoms with Gasteiger partial charge in [0.1, 0.15) is 22.5 Å². The molecule has 1 aromatic heterocycles. The average Bonchev–Trinajstić information content (AvgIpc) is 3.27. The summed E-state index contributed by atoms with van der Waals surface area (Å²) in [4.78, 5) is 14.3. The monoisotopic (exact) mass is 489 g/mol. The van der Waals surface area contributed by atoms with Crippen LogP contribution in [0.1, 0.15) is 35.7 Å². The van der Waals surface area contributed by atoms with Gasteiger partial charge in [0.2, 0.25) is 0 Å². The summed E-state index contributed by atoms with van der Waals surface area (Å²) in [6, 6.07) is 18.3. The van der Waals surface area contributed by atoms with Gasteiger partial charge in [-0.2, -0.15) is 4.80 Å². The van der Waals surface area contributed by atoms with Crippen LogP contribution in [0.3, 0.4) is 0 Å². The van der Waals surface area contributed by atoms with Crippen molar-refractivity contribution < 1.29 is 14.3 Å². The van der Waals surface area contributed by atoms with Crippen molar-refractivity contribution in [3.63, 3.8) is 0 Å². The van der Waals surface area contributed by atoms with Crippen molar-refractivity contribution in [2.45, 2.75) is 26.7 Å². The van der Waals surface area contributed by atoms with Crippen molar-refractivity contribution in [1.29, 1.82) is 0 Å². The first-order valence-electron chi connectivity index (χ1n) is 11.3. The van der Waals surface area contributed by atoms with Gasteiger partial charge in [-0.25, -0.2) is 0 Å². The number of fused-ring (bicyclic) bond motifs is 1. The number of amides is 1. The van der Waals surface area contributed by atoms with Crippen LogP contribution in [0.25, 0.3) is 16.7 Å². The van der Waals surface area contributed by atoms with E-state index in [0.29, 0.717) is 23.4 Å². The molecule has 0 bridgehead atoms. The summed E-state index contributed by atoms with van der Waals surface area (Å²) in [5, 5.41) is 15.2. The summed E-state index contributed by atoms with van der Waals surface area (Å²) in [6.45, 7) is 4.66. The number of ether oxygens (including phenoxy) is 2. The number of unbranched alkanes of at least 4 members (excludes halogenated alkanes) is 1. The Morgan fingerprint density at radius 1 is 1.03 bits per heavy atom. The summed E-state index contributed by atoms with van der Waals surface area (Å²) in [5.41, 5.74) is 4.39. The quantitative estimate of drug-likeness (QED) is 0.265. The molecule has 2 N–H and O–H groups in total. The first kappa shape index (κ1) is 24.2. The second kappa shape index (κ2) is 11.0. The molecule has 35 heavy (non-hydrogen) atoms. The second-order valence-corrected chi connectivity index (χ2v) is 8.39. The van der Waals surface area contributed by atoms with Gasteiger partial charge in [0.15, 0.2) is 5.11 Å². The predicted molar refractivity (Wildman–Crippen MR) is 141 cm³/mol. The highest BCUT2D eigenvalue weighted by molar-refractivity contribution is 7.80. The summed E-state index contributed by atoms with van der Waals surface area (Å²) in [6.07, 6.45) is 2.01. The first-order valence-corrected chi connectivity index (χ1v) is 11.7. The zero-order chi connectivity index (χ0) is 24.8. The van der Waals surface area contributed by atoms with Crippen LogP contribution >= 0.6 is 12.2 Å². The van der Waals surface area contributed by atoms with Crippen molar-refractivity contribution in [3.8, 4) is 17.2 Å². The van der Waals surface area contributed by atoms with E-state index in [1.807, 2.05) is 49.4 Å². The van der Waals surface area contributed by atoms with Crippen LogP contribution in [0.2, 0.25) is 0 Å². The molecule has 3 aromatic carbocycles. The molecular weight excluding hydrogens is 462 g/mol. The van der Waals surface area contributed by atoms with Gasteiger partial charge in [0.05, 0.1) is 19.4 Å². The minimum Gasteiger partial charge on any atom is -0.497 e. The third kappa shape index (κ3) is 5.93. The summed E-state index contributed by atoms with van der Waals surface area (Å²) < 4.78 is 10.9. The minimum absolute atomic E-state index is 0.192. The molecule has 8 nitrogen and oxygen atoms in total. The molecule has 0 fully saturated rings. The lowest BCUT2D eigenvalue weighted by atomic mass is 10.2. The number of hydrogen-bond acceptors (Lipinski definition) is 6. The molecule has 0 radical (unpaired) electrons. The Hall–Kier alpha value is -3.98. The maximum Gasteiger partial charge on any atom is 0.257 e. The highest BCUT2D eigenvalue weighted by atomic mass is 32.1. The fraction of sp³-hybridized carbons (Fsp3) is 0.231. The molecule has 1 heterocycles. The zero-order valence-electron chi connectivity index (χ0n) is 19.9. The predicted octanol–water partition coefficient (Wildman–Crippen LogP) is 5.04. The van der Waals surface area contributed by atoms with Gasteiger partial charge in [-0.1, -0.05) is 19.4 Å². The molecule has 0 saturated carbocycles. The van der Waals surface area contributed by atoms with Crippen LogP contribution in [0, 0.1) is 6.92 Å². The fourth-order valence-electron chi connectivity index (χ4n) is 3.42. The summed E-state index contributed by atoms with van der Waals surface area (Å²) >= 11 is 5.39. The number of nitrogens with zero attached hydrogens (tertiary/aromatic N) is 3. The van der Waals surface area contributed by atoms with Gasteiger partial charge in [0.25, 0.3) is 5.91 Å². The molecule has 0 aliphatic carbocycles. The van der Waals surface area contributed by atoms with E-state index in [1.54, 1.807) is 30.1 Å². The number of hydrogen-bond donors (Lipinski definition) is 2. The number of methoxy groups -OCH3 is 1. The van der Waals surface area contributed by atoms with E-state index >= 15 is 0 Å². The van der Waals surface area contributed by atoms with Crippen LogP contribution in [-0.2, 0) is 0 Å². The molecule has 1 amide bonds. The lowest BCUT2D eigenvalue weighted by Crippen LogP contribution is -2.34. The van der Waals surface area contributed by atoms with Crippen molar-refractivity contribution in [2.24, 2.45) is 0 Å². The normalized spacial score (nSPS) is 10.7. The number of aryl methyl sites for hydroxylation is 1. The van der Waals surface area contributed by atoms with Crippen LogP contribution in [-0.4, -0.2) is 39.7 Å². The zero-order valence-corrected chi connectivity index (χ0v) is 20.7. The number of rotatable bonds is 8. The van der Waals surface area contributed by atoms with Gasteiger partial charge in [0, 0.05) is 11.3 Å². The average molecular weight is 490 g/mol. The topological polar surface area (TPSA) is 90.3 Å². The maximum absolute atomic E-state index is 12.7. The molecule has 0 spiro atoms. The van der Waals surface area contributed by atoms with E-state index in [0.717, 1.165) is 41.0 Å². The lowest BCUT2D eigenvalue weighted by molar-refractivity contribution is 0.0977. The van der Waals surface area contributed by atoms with Crippen LogP contribution in [0.4, 0.5) is 5.69 Å². The molecule has 0 unspecified atom stereocenters. The van der Waals surface area contributed by atoms with Crippen molar-refractivity contribution in [2.75, 3.05) is 19.0 Å². The molecule has 4 aromatic rings. The molecule has 0 saturated heterocycles. The van der Waals surface area contributed by atoms with Crippen molar-refractivity contribution in [3.05, 3.63) is 71.8 Å². The van der Waals surface area contributed by atoms with Crippen LogP contribution in [0.5, 0.6) is 11.5 Å². The van der Waals surface area contributed by atoms with Gasteiger partial charge in [-0.3, -0.25) is 10.1 Å². The van der Waals surface area contributed by atoms with Gasteiger partial charge in [-0.05, 0) is 85.7 Å². The Morgan fingerprint density at radius 3 is 2.49 bits per heavy atom. The summed E-state index contributed by atoms with van der Waals surface area (Å²) in [7, 11) is 1.62. The Morgan fingerprint density at radius 2 is 1.77 bits per heavy atom. The Labute approximate surface area is 209 Å². The molecule has 4 rings (SSSR count). The number of carbonyl (C=O) groups excluding carboxylic acids is 1. The largest absolute Gasteiger partial charge is 0.497 e. The molecule has 0 aliphatic rings. The molecule has 0 aliphatic heterocycles. The highest BCUT2D eigenvalue weighted by Gasteiger charge is 2.12. The number of carbonyl (C=O) groups is 1. The third-order valence-corrected chi connectivity index (χ3v) is 5.57. The lowest BCUT2D eigenvalue weighted by Gasteiger charge is -2.12. The Balaban J connectivity index is 1.45. The number of aromatic nitrogens is 3. The first-order chi connectivity index (χ1) is 17.0. The standard InChI is InChI=1S/C26H27N5O3S/c1-4-5-13-34-21-8-6-7-18(15-21)25(32)28-26(35)27-22-16-24-23(14-17(22)2)29-31(30-24)19-9-11-20(33-3)12-10-19/h6-12,14-16H,4-5,13H2,1-3H3,(H2,27,28,32,35). The van der Waals surface area contributed by atoms with Crippen LogP contribution < -0.4 is 20.1 Å². The highest BCUT2D eigenvalue weighted by Crippen LogP contribution is 2.23. The SMILES string of the molecule is CCCCOc1cccc(C(=O)NC(=S)Nc2cc3nn(-c4ccc(OC)cc4)nc3cc2C)c1.